The van der Waals surface area contributed by atoms with E-state index in [1.807, 2.05) is 20.8 Å². The first-order valence-corrected chi connectivity index (χ1v) is 18.3. The number of sulfonamides is 2. The standard InChI is InChI=1S/C28H41N4O6S3/c1-5-38-24-14-22(40(33,34)31-18-27(9-6-10-27)15-20(31)2)8-13-30(24)26-29-23(17-37-4)25(39-26)41(35,36)32-19-28(11-7-12-28)16-21(32)3/h8,13-14,20-21H,5-7,9-12,15-19H2,1-4H3/q+1. The SMILES string of the molecule is CCOc1cc(S(=O)(=O)N2CC3(CCC3)CC2C)cc[n+]1-c1nc(COC)c(S(=O)(=O)N2CC3(CCC3)CC2C)s1. The van der Waals surface area contributed by atoms with E-state index in [1.54, 1.807) is 25.4 Å². The van der Waals surface area contributed by atoms with Crippen LogP contribution in [0.1, 0.15) is 77.8 Å². The summed E-state index contributed by atoms with van der Waals surface area (Å²) in [4.78, 5) is 4.84. The number of pyridine rings is 1. The van der Waals surface area contributed by atoms with E-state index in [1.165, 1.54) is 13.2 Å². The van der Waals surface area contributed by atoms with E-state index in [4.69, 9.17) is 9.47 Å². The molecule has 2 atom stereocenters. The molecule has 4 fully saturated rings. The predicted octanol–water partition coefficient (Wildman–Crippen LogP) is 3.87. The lowest BCUT2D eigenvalue weighted by Gasteiger charge is -2.38. The van der Waals surface area contributed by atoms with Crippen LogP contribution in [-0.4, -0.2) is 69.3 Å². The first kappa shape index (κ1) is 29.4. The Morgan fingerprint density at radius 2 is 1.59 bits per heavy atom. The third-order valence-electron chi connectivity index (χ3n) is 9.72. The summed E-state index contributed by atoms with van der Waals surface area (Å²) in [5.41, 5.74) is 0.568. The van der Waals surface area contributed by atoms with E-state index in [9.17, 15) is 16.8 Å². The Labute approximate surface area is 247 Å². The van der Waals surface area contributed by atoms with Gasteiger partial charge in [0.25, 0.3) is 15.9 Å². The highest BCUT2D eigenvalue weighted by molar-refractivity contribution is 7.91. The maximum Gasteiger partial charge on any atom is 0.391 e. The number of hydrogen-bond acceptors (Lipinski definition) is 8. The van der Waals surface area contributed by atoms with E-state index >= 15 is 0 Å². The minimum Gasteiger partial charge on any atom is -0.462 e. The summed E-state index contributed by atoms with van der Waals surface area (Å²) >= 11 is 1.07. The van der Waals surface area contributed by atoms with Gasteiger partial charge < -0.3 is 9.47 Å². The fourth-order valence-electron chi connectivity index (χ4n) is 7.42. The van der Waals surface area contributed by atoms with Gasteiger partial charge in [-0.3, -0.25) is 0 Å². The third kappa shape index (κ3) is 4.94. The van der Waals surface area contributed by atoms with Gasteiger partial charge in [-0.25, -0.2) is 16.8 Å². The molecule has 0 aromatic carbocycles. The summed E-state index contributed by atoms with van der Waals surface area (Å²) in [6.07, 6.45) is 10.0. The van der Waals surface area contributed by atoms with Crippen molar-refractivity contribution in [2.24, 2.45) is 10.8 Å². The monoisotopic (exact) mass is 625 g/mol. The van der Waals surface area contributed by atoms with Crippen molar-refractivity contribution in [3.63, 3.8) is 0 Å². The van der Waals surface area contributed by atoms with Crippen LogP contribution in [0.15, 0.2) is 27.4 Å². The minimum absolute atomic E-state index is 0.0457. The van der Waals surface area contributed by atoms with Crippen LogP contribution in [0.4, 0.5) is 0 Å². The number of aromatic nitrogens is 2. The molecular formula is C28H41N4O6S3+. The van der Waals surface area contributed by atoms with Gasteiger partial charge in [0.05, 0.1) is 11.5 Å². The topological polar surface area (TPSA) is 110 Å². The highest BCUT2D eigenvalue weighted by atomic mass is 32.2. The van der Waals surface area contributed by atoms with Crippen molar-refractivity contribution in [1.82, 2.24) is 13.6 Å². The second kappa shape index (κ2) is 10.5. The Morgan fingerprint density at radius 3 is 2.07 bits per heavy atom. The number of nitrogens with zero attached hydrogens (tertiary/aromatic N) is 4. The van der Waals surface area contributed by atoms with Gasteiger partial charge in [0, 0.05) is 38.3 Å². The van der Waals surface area contributed by atoms with Crippen molar-refractivity contribution in [2.45, 2.75) is 99.9 Å². The van der Waals surface area contributed by atoms with Gasteiger partial charge in [0.1, 0.15) is 12.8 Å². The van der Waals surface area contributed by atoms with Gasteiger partial charge in [0.2, 0.25) is 15.7 Å². The zero-order valence-corrected chi connectivity index (χ0v) is 26.8. The molecule has 0 radical (unpaired) electrons. The second-order valence-electron chi connectivity index (χ2n) is 12.6. The van der Waals surface area contributed by atoms with Crippen molar-refractivity contribution in [1.29, 1.82) is 0 Å². The summed E-state index contributed by atoms with van der Waals surface area (Å²) in [5, 5.41) is 0.385. The van der Waals surface area contributed by atoms with Crippen LogP contribution in [0, 0.1) is 10.8 Å². The Hall–Kier alpha value is -1.64. The summed E-state index contributed by atoms with van der Waals surface area (Å²) < 4.78 is 71.8. The van der Waals surface area contributed by atoms with E-state index in [0.29, 0.717) is 36.4 Å². The third-order valence-corrected chi connectivity index (χ3v) is 15.3. The molecule has 2 spiro atoms. The first-order valence-electron chi connectivity index (χ1n) is 14.6. The van der Waals surface area contributed by atoms with Crippen LogP contribution in [0.5, 0.6) is 5.88 Å². The smallest absolute Gasteiger partial charge is 0.391 e. The Morgan fingerprint density at radius 1 is 1.00 bits per heavy atom. The van der Waals surface area contributed by atoms with E-state index in [0.717, 1.165) is 62.7 Å². The molecule has 4 aliphatic rings. The Balaban J connectivity index is 1.35. The normalized spacial score (nSPS) is 26.0. The number of rotatable bonds is 9. The van der Waals surface area contributed by atoms with Crippen LogP contribution in [-0.2, 0) is 31.4 Å². The van der Waals surface area contributed by atoms with Crippen LogP contribution < -0.4 is 9.30 Å². The van der Waals surface area contributed by atoms with Gasteiger partial charge in [-0.05, 0) is 92.5 Å². The lowest BCUT2D eigenvalue weighted by atomic mass is 9.68. The lowest BCUT2D eigenvalue weighted by Crippen LogP contribution is -2.38. The van der Waals surface area contributed by atoms with Crippen molar-refractivity contribution >= 4 is 31.4 Å². The zero-order valence-electron chi connectivity index (χ0n) is 24.3. The molecule has 0 amide bonds. The molecule has 2 saturated heterocycles. The maximum absolute atomic E-state index is 14.0. The minimum atomic E-state index is -3.80. The summed E-state index contributed by atoms with van der Waals surface area (Å²) in [5.74, 6) is 0.295. The molecule has 6 rings (SSSR count). The summed E-state index contributed by atoms with van der Waals surface area (Å²) in [7, 11) is -6.02. The van der Waals surface area contributed by atoms with Gasteiger partial charge in [-0.15, -0.1) is 0 Å². The molecule has 2 aliphatic carbocycles. The van der Waals surface area contributed by atoms with Gasteiger partial charge >= 0.3 is 5.13 Å². The van der Waals surface area contributed by atoms with Crippen LogP contribution in [0.3, 0.4) is 0 Å². The molecule has 0 N–H and O–H groups in total. The van der Waals surface area contributed by atoms with Crippen LogP contribution >= 0.6 is 11.3 Å². The molecule has 10 nitrogen and oxygen atoms in total. The molecule has 41 heavy (non-hydrogen) atoms. The van der Waals surface area contributed by atoms with Crippen molar-refractivity contribution < 1.29 is 30.9 Å². The molecular weight excluding hydrogens is 585 g/mol. The molecule has 2 aliphatic heterocycles. The Kier molecular flexibility index (Phi) is 7.55. The summed E-state index contributed by atoms with van der Waals surface area (Å²) in [6, 6.07) is 2.96. The van der Waals surface area contributed by atoms with Gasteiger partial charge in [-0.1, -0.05) is 12.8 Å². The van der Waals surface area contributed by atoms with E-state index in [-0.39, 0.29) is 38.6 Å². The fourth-order valence-corrected chi connectivity index (χ4v) is 12.5. The number of ether oxygens (including phenoxy) is 2. The average Bonchev–Trinajstić information content (AvgIpc) is 3.58. The number of methoxy groups -OCH3 is 1. The fraction of sp³-hybridized carbons (Fsp3) is 0.714. The largest absolute Gasteiger partial charge is 0.462 e. The predicted molar refractivity (Wildman–Crippen MR) is 154 cm³/mol. The van der Waals surface area contributed by atoms with E-state index < -0.39 is 20.0 Å². The first-order chi connectivity index (χ1) is 19.4. The van der Waals surface area contributed by atoms with Gasteiger partial charge in [-0.2, -0.15) is 13.2 Å². The van der Waals surface area contributed by atoms with Crippen molar-refractivity contribution in [3.8, 4) is 11.0 Å². The molecule has 0 bridgehead atoms. The molecule has 2 saturated carbocycles. The highest BCUT2D eigenvalue weighted by Crippen LogP contribution is 2.52. The van der Waals surface area contributed by atoms with Crippen molar-refractivity contribution in [3.05, 3.63) is 24.0 Å². The molecule has 226 valence electrons. The van der Waals surface area contributed by atoms with Crippen molar-refractivity contribution in [2.75, 3.05) is 26.8 Å². The summed E-state index contributed by atoms with van der Waals surface area (Å²) in [6.45, 7) is 7.24. The van der Waals surface area contributed by atoms with Crippen LogP contribution in [0.2, 0.25) is 0 Å². The second-order valence-corrected chi connectivity index (χ2v) is 17.5. The van der Waals surface area contributed by atoms with Crippen LogP contribution in [0.25, 0.3) is 5.13 Å². The molecule has 2 aromatic rings. The number of hydrogen-bond donors (Lipinski definition) is 0. The zero-order chi connectivity index (χ0) is 29.2. The molecule has 13 heteroatoms. The maximum atomic E-state index is 14.0. The molecule has 4 heterocycles. The molecule has 2 aromatic heterocycles. The molecule has 2 unspecified atom stereocenters. The van der Waals surface area contributed by atoms with E-state index in [2.05, 4.69) is 4.98 Å². The average molecular weight is 626 g/mol. The van der Waals surface area contributed by atoms with Gasteiger partial charge in [0.15, 0.2) is 4.21 Å². The highest BCUT2D eigenvalue weighted by Gasteiger charge is 2.52. The number of thiazole rings is 1. The quantitative estimate of drug-likeness (QED) is 0.389. The Bertz CT molecular complexity index is 1530. The lowest BCUT2D eigenvalue weighted by molar-refractivity contribution is -0.603.